The molecule has 6 N–H and O–H groups in total. The largest absolute Gasteiger partial charge is 0.480 e. The number of quaternary nitrogens is 1. The molecule has 0 heterocycles. The summed E-state index contributed by atoms with van der Waals surface area (Å²) >= 11 is 0. The second kappa shape index (κ2) is 13.8. The first-order valence-corrected chi connectivity index (χ1v) is 10.2. The third-order valence-corrected chi connectivity index (χ3v) is 4.21. The summed E-state index contributed by atoms with van der Waals surface area (Å²) in [4.78, 5) is 60.6. The average molecular weight is 452 g/mol. The van der Waals surface area contributed by atoms with E-state index >= 15 is 0 Å². The van der Waals surface area contributed by atoms with Crippen molar-refractivity contribution in [3.8, 4) is 0 Å². The van der Waals surface area contributed by atoms with Crippen molar-refractivity contribution in [1.29, 1.82) is 0 Å². The molecule has 1 rings (SSSR count). The van der Waals surface area contributed by atoms with Gasteiger partial charge in [-0.05, 0) is 17.9 Å². The fourth-order valence-corrected chi connectivity index (χ4v) is 2.71. The monoisotopic (exact) mass is 451 g/mol. The Morgan fingerprint density at radius 2 is 1.72 bits per heavy atom. The normalized spacial score (nSPS) is 11.4. The van der Waals surface area contributed by atoms with Crippen molar-refractivity contribution in [3.63, 3.8) is 0 Å². The van der Waals surface area contributed by atoms with Gasteiger partial charge in [-0.25, -0.2) is 0 Å². The number of amides is 3. The number of nitrogens with one attached hydrogen (secondary N) is 2. The number of carboxylic acids is 1. The average Bonchev–Trinajstić information content (AvgIpc) is 2.74. The molecule has 0 saturated carbocycles. The van der Waals surface area contributed by atoms with Crippen LogP contribution in [0.5, 0.6) is 0 Å². The third kappa shape index (κ3) is 10.5. The lowest BCUT2D eigenvalue weighted by molar-refractivity contribution is -0.357. The van der Waals surface area contributed by atoms with Crippen LogP contribution >= 0.6 is 0 Å². The van der Waals surface area contributed by atoms with Gasteiger partial charge in [0.1, 0.15) is 19.6 Å². The van der Waals surface area contributed by atoms with Crippen LogP contribution in [0.15, 0.2) is 30.3 Å². The van der Waals surface area contributed by atoms with Crippen LogP contribution in [0.1, 0.15) is 25.8 Å². The number of rotatable bonds is 13. The molecule has 32 heavy (non-hydrogen) atoms. The number of hydrogen-bond acceptors (Lipinski definition) is 6. The highest BCUT2D eigenvalue weighted by Gasteiger charge is 2.25. The van der Waals surface area contributed by atoms with E-state index in [1.54, 1.807) is 0 Å². The Morgan fingerprint density at radius 3 is 2.28 bits per heavy atom. The van der Waals surface area contributed by atoms with Crippen LogP contribution in [-0.4, -0.2) is 71.9 Å². The molecule has 0 bridgehead atoms. The standard InChI is InChI=1S/C21H30N4O7/c1-14(2)8-16(21(31)24-10-19(28)29)32-20(30)11-23-17(26)13-25(18(27)9-22)12-15-6-4-3-5-7-15/h3-7,14,16H,8-13,22H2,1-2H3,(H,23,26)(H,24,31)(H,28,29)/p+1. The van der Waals surface area contributed by atoms with Gasteiger partial charge in [0.05, 0.1) is 0 Å². The minimum Gasteiger partial charge on any atom is -0.480 e. The van der Waals surface area contributed by atoms with Crippen LogP contribution in [0.25, 0.3) is 0 Å². The van der Waals surface area contributed by atoms with E-state index in [1.807, 2.05) is 44.2 Å². The Bertz CT molecular complexity index is 799. The molecule has 0 aliphatic rings. The lowest BCUT2D eigenvalue weighted by Gasteiger charge is -2.21. The number of ether oxygens (including phenoxy) is 1. The van der Waals surface area contributed by atoms with E-state index in [1.165, 1.54) is 4.90 Å². The number of nitrogens with zero attached hydrogens (tertiary/aromatic N) is 1. The highest BCUT2D eigenvalue weighted by Crippen LogP contribution is 2.09. The van der Waals surface area contributed by atoms with Crippen molar-refractivity contribution in [2.45, 2.75) is 32.9 Å². The Hall–Kier alpha value is -3.47. The summed E-state index contributed by atoms with van der Waals surface area (Å²) < 4.78 is 5.13. The fraction of sp³-hybridized carbons (Fsp3) is 0.476. The number of hydrogen-bond donors (Lipinski definition) is 4. The van der Waals surface area contributed by atoms with Crippen molar-refractivity contribution < 1.29 is 39.5 Å². The van der Waals surface area contributed by atoms with Crippen molar-refractivity contribution in [2.75, 3.05) is 26.2 Å². The number of carbonyl (C=O) groups is 5. The predicted octanol–water partition coefficient (Wildman–Crippen LogP) is -1.47. The van der Waals surface area contributed by atoms with E-state index in [-0.39, 0.29) is 37.9 Å². The van der Waals surface area contributed by atoms with Gasteiger partial charge in [0.15, 0.2) is 12.6 Å². The van der Waals surface area contributed by atoms with Crippen LogP contribution in [0.4, 0.5) is 0 Å². The molecule has 0 aromatic heterocycles. The van der Waals surface area contributed by atoms with Gasteiger partial charge in [0.2, 0.25) is 5.91 Å². The zero-order valence-corrected chi connectivity index (χ0v) is 18.3. The van der Waals surface area contributed by atoms with Crippen LogP contribution < -0.4 is 16.4 Å². The Kier molecular flexibility index (Phi) is 11.4. The van der Waals surface area contributed by atoms with Gasteiger partial charge in [-0.15, -0.1) is 0 Å². The molecule has 3 amide bonds. The topological polar surface area (TPSA) is 170 Å². The molecule has 176 valence electrons. The first-order valence-electron chi connectivity index (χ1n) is 10.2. The van der Waals surface area contributed by atoms with Gasteiger partial charge in [-0.1, -0.05) is 44.2 Å². The van der Waals surface area contributed by atoms with Gasteiger partial charge in [-0.3, -0.25) is 24.0 Å². The zero-order chi connectivity index (χ0) is 24.1. The lowest BCUT2D eigenvalue weighted by atomic mass is 10.1. The molecule has 0 aliphatic heterocycles. The minimum absolute atomic E-state index is 0.00169. The molecule has 0 saturated heterocycles. The van der Waals surface area contributed by atoms with Crippen molar-refractivity contribution in [3.05, 3.63) is 35.9 Å². The van der Waals surface area contributed by atoms with E-state index < -0.39 is 42.9 Å². The van der Waals surface area contributed by atoms with Crippen molar-refractivity contribution >= 4 is 29.7 Å². The molecule has 0 spiro atoms. The van der Waals surface area contributed by atoms with Gasteiger partial charge < -0.3 is 31.1 Å². The van der Waals surface area contributed by atoms with Gasteiger partial charge in [0, 0.05) is 6.54 Å². The fourth-order valence-electron chi connectivity index (χ4n) is 2.71. The summed E-state index contributed by atoms with van der Waals surface area (Å²) in [5.41, 5.74) is 4.39. The van der Waals surface area contributed by atoms with E-state index in [4.69, 9.17) is 9.84 Å². The highest BCUT2D eigenvalue weighted by molar-refractivity contribution is 5.89. The molecule has 1 unspecified atom stereocenters. The Balaban J connectivity index is 2.61. The molecule has 0 radical (unpaired) electrons. The third-order valence-electron chi connectivity index (χ3n) is 4.21. The van der Waals surface area contributed by atoms with Crippen molar-refractivity contribution in [1.82, 2.24) is 15.5 Å². The number of carbonyl (C=O) groups excluding carboxylic acids is 4. The maximum Gasteiger partial charge on any atom is 0.326 e. The van der Waals surface area contributed by atoms with E-state index in [9.17, 15) is 24.0 Å². The van der Waals surface area contributed by atoms with Crippen LogP contribution in [-0.2, 0) is 35.3 Å². The van der Waals surface area contributed by atoms with Crippen LogP contribution in [0, 0.1) is 5.92 Å². The lowest BCUT2D eigenvalue weighted by Crippen LogP contribution is -2.58. The van der Waals surface area contributed by atoms with Gasteiger partial charge in [-0.2, -0.15) is 0 Å². The van der Waals surface area contributed by atoms with E-state index in [2.05, 4.69) is 16.4 Å². The summed E-state index contributed by atoms with van der Waals surface area (Å²) in [6.45, 7) is 2.45. The SMILES string of the molecule is CC(C)CC(OC(=O)CNC(=O)CN(Cc1ccccc1)C(=O)C[NH3+])C(=O)NCC(=O)O. The minimum atomic E-state index is -1.22. The Labute approximate surface area is 186 Å². The smallest absolute Gasteiger partial charge is 0.326 e. The molecular formula is C21H31N4O7+. The van der Waals surface area contributed by atoms with E-state index in [0.717, 1.165) is 5.56 Å². The number of aliphatic carboxylic acids is 1. The predicted molar refractivity (Wildman–Crippen MR) is 113 cm³/mol. The van der Waals surface area contributed by atoms with Gasteiger partial charge in [0.25, 0.3) is 11.8 Å². The summed E-state index contributed by atoms with van der Waals surface area (Å²) in [6, 6.07) is 9.12. The van der Waals surface area contributed by atoms with Crippen LogP contribution in [0.2, 0.25) is 0 Å². The summed E-state index contributed by atoms with van der Waals surface area (Å²) in [5, 5.41) is 13.2. The molecule has 11 nitrogen and oxygen atoms in total. The molecule has 1 aromatic rings. The second-order valence-electron chi connectivity index (χ2n) is 7.48. The zero-order valence-electron chi connectivity index (χ0n) is 18.3. The summed E-state index contributed by atoms with van der Waals surface area (Å²) in [5.74, 6) is -3.70. The van der Waals surface area contributed by atoms with E-state index in [0.29, 0.717) is 0 Å². The maximum atomic E-state index is 12.3. The molecule has 11 heteroatoms. The number of esters is 1. The first kappa shape index (κ1) is 26.6. The second-order valence-corrected chi connectivity index (χ2v) is 7.48. The highest BCUT2D eigenvalue weighted by atomic mass is 16.5. The number of benzene rings is 1. The molecule has 1 atom stereocenters. The summed E-state index contributed by atoms with van der Waals surface area (Å²) in [6.07, 6.45) is -0.991. The molecule has 0 fully saturated rings. The van der Waals surface area contributed by atoms with Crippen LogP contribution in [0.3, 0.4) is 0 Å². The van der Waals surface area contributed by atoms with Gasteiger partial charge >= 0.3 is 11.9 Å². The summed E-state index contributed by atoms with van der Waals surface area (Å²) in [7, 11) is 0. The number of carboxylic acid groups (broad SMARTS) is 1. The molecular weight excluding hydrogens is 420 g/mol. The molecule has 1 aromatic carbocycles. The Morgan fingerprint density at radius 1 is 1.06 bits per heavy atom. The maximum absolute atomic E-state index is 12.3. The quantitative estimate of drug-likeness (QED) is 0.265. The first-order chi connectivity index (χ1) is 15.1. The van der Waals surface area contributed by atoms with Crippen molar-refractivity contribution in [2.24, 2.45) is 5.92 Å². The molecule has 0 aliphatic carbocycles.